The lowest BCUT2D eigenvalue weighted by Crippen LogP contribution is -2.47. The fraction of sp³-hybridized carbons (Fsp3) is 0.300. The lowest BCUT2D eigenvalue weighted by Gasteiger charge is -2.20. The highest BCUT2D eigenvalue weighted by Gasteiger charge is 2.23. The molecule has 0 saturated carbocycles. The number of nitrogens with one attached hydrogen (secondary N) is 1. The Morgan fingerprint density at radius 3 is 2.79 bits per heavy atom. The van der Waals surface area contributed by atoms with Crippen molar-refractivity contribution >= 4 is 5.91 Å². The predicted molar refractivity (Wildman–Crippen MR) is 50.2 cm³/mol. The van der Waals surface area contributed by atoms with Gasteiger partial charge in [0.05, 0.1) is 0 Å². The molecule has 3 N–H and O–H groups in total. The van der Waals surface area contributed by atoms with Crippen molar-refractivity contribution in [3.63, 3.8) is 0 Å². The summed E-state index contributed by atoms with van der Waals surface area (Å²) in [7, 11) is 0. The average Bonchev–Trinajstić information content (AvgIpc) is 2.19. The molecule has 0 fully saturated rings. The first-order valence-corrected chi connectivity index (χ1v) is 4.29. The van der Waals surface area contributed by atoms with Crippen molar-refractivity contribution in [2.45, 2.75) is 19.3 Å². The molecule has 75 valence electrons. The van der Waals surface area contributed by atoms with E-state index in [4.69, 9.17) is 10.2 Å². The van der Waals surface area contributed by atoms with E-state index in [1.807, 2.05) is 0 Å². The Morgan fingerprint density at radius 2 is 2.29 bits per heavy atom. The second kappa shape index (κ2) is 4.21. The van der Waals surface area contributed by atoms with Gasteiger partial charge in [0.15, 0.2) is 0 Å². The summed E-state index contributed by atoms with van der Waals surface area (Å²) in [6.07, 6.45) is 0.0194. The van der Waals surface area contributed by atoms with E-state index in [9.17, 15) is 4.79 Å². The van der Waals surface area contributed by atoms with Crippen LogP contribution in [0.5, 0.6) is 0 Å². The highest BCUT2D eigenvalue weighted by atomic mass is 16.5. The summed E-state index contributed by atoms with van der Waals surface area (Å²) in [6, 6.07) is 9.20. The zero-order valence-electron chi connectivity index (χ0n) is 7.82. The maximum absolute atomic E-state index is 11.4. The molecule has 1 aromatic carbocycles. The van der Waals surface area contributed by atoms with Crippen molar-refractivity contribution in [2.75, 3.05) is 0 Å². The predicted octanol–water partition coefficient (Wildman–Crippen LogP) is 0.265. The fourth-order valence-corrected chi connectivity index (χ4v) is 0.872. The van der Waals surface area contributed by atoms with Crippen LogP contribution in [0.25, 0.3) is 0 Å². The lowest BCUT2D eigenvalue weighted by molar-refractivity contribution is -0.177. The van der Waals surface area contributed by atoms with Crippen LogP contribution in [-0.4, -0.2) is 22.0 Å². The molecule has 0 aliphatic heterocycles. The van der Waals surface area contributed by atoms with Gasteiger partial charge in [-0.05, 0) is 12.1 Å². The molecule has 0 aromatic heterocycles. The Bertz CT molecular complexity index is 308. The van der Waals surface area contributed by atoms with E-state index < -0.39 is 11.8 Å². The van der Waals surface area contributed by atoms with Gasteiger partial charge in [0.25, 0.3) is 5.91 Å². The summed E-state index contributed by atoms with van der Waals surface area (Å²) in [5, 5.41) is 20.4. The average molecular weight is 194 g/mol. The molecule has 0 aliphatic rings. The maximum atomic E-state index is 11.4. The van der Waals surface area contributed by atoms with E-state index >= 15 is 0 Å². The second-order valence-electron chi connectivity index (χ2n) is 2.90. The number of aliphatic hydroxyl groups is 2. The molecule has 4 nitrogen and oxygen atoms in total. The SMILES string of the molecule is CCC(O)(O)NC(=O)c1[c]cccc1. The summed E-state index contributed by atoms with van der Waals surface area (Å²) < 4.78 is 0. The van der Waals surface area contributed by atoms with Crippen LogP contribution < -0.4 is 5.32 Å². The number of carbonyl (C=O) groups is 1. The molecular weight excluding hydrogens is 182 g/mol. The van der Waals surface area contributed by atoms with Crippen LogP contribution in [0, 0.1) is 6.07 Å². The van der Waals surface area contributed by atoms with Crippen LogP contribution in [0.1, 0.15) is 23.7 Å². The summed E-state index contributed by atoms with van der Waals surface area (Å²) >= 11 is 0. The first kappa shape index (κ1) is 10.7. The van der Waals surface area contributed by atoms with Crippen molar-refractivity contribution in [1.29, 1.82) is 0 Å². The second-order valence-corrected chi connectivity index (χ2v) is 2.90. The van der Waals surface area contributed by atoms with E-state index in [0.29, 0.717) is 0 Å². The van der Waals surface area contributed by atoms with E-state index in [1.165, 1.54) is 0 Å². The highest BCUT2D eigenvalue weighted by Crippen LogP contribution is 2.03. The normalized spacial score (nSPS) is 11.1. The molecule has 4 heteroatoms. The minimum absolute atomic E-state index is 0.0194. The molecule has 0 aliphatic carbocycles. The van der Waals surface area contributed by atoms with Crippen molar-refractivity contribution in [3.05, 3.63) is 35.9 Å². The van der Waals surface area contributed by atoms with Gasteiger partial charge in [-0.1, -0.05) is 25.1 Å². The summed E-state index contributed by atoms with van der Waals surface area (Å²) in [4.78, 5) is 11.4. The summed E-state index contributed by atoms with van der Waals surface area (Å²) in [5.41, 5.74) is 0.272. The monoisotopic (exact) mass is 194 g/mol. The van der Waals surface area contributed by atoms with Crippen molar-refractivity contribution in [3.8, 4) is 0 Å². The van der Waals surface area contributed by atoms with Gasteiger partial charge >= 0.3 is 0 Å². The van der Waals surface area contributed by atoms with E-state index in [1.54, 1.807) is 31.2 Å². The third kappa shape index (κ3) is 2.83. The van der Waals surface area contributed by atoms with E-state index in [0.717, 1.165) is 0 Å². The molecule has 0 spiro atoms. The van der Waals surface area contributed by atoms with Gasteiger partial charge in [-0.15, -0.1) is 0 Å². The quantitative estimate of drug-likeness (QED) is 0.605. The number of carbonyl (C=O) groups excluding carboxylic acids is 1. The zero-order valence-corrected chi connectivity index (χ0v) is 7.82. The Balaban J connectivity index is 2.69. The Labute approximate surface area is 82.2 Å². The number of hydrogen-bond acceptors (Lipinski definition) is 3. The standard InChI is InChI=1S/C10H12NO3/c1-2-10(13,14)11-9(12)8-6-4-3-5-7-8/h3-6,13-14H,2H2,1H3,(H,11,12). The number of rotatable bonds is 3. The largest absolute Gasteiger partial charge is 0.349 e. The van der Waals surface area contributed by atoms with Gasteiger partial charge in [-0.3, -0.25) is 4.79 Å². The summed E-state index contributed by atoms with van der Waals surface area (Å²) in [6.45, 7) is 1.55. The van der Waals surface area contributed by atoms with Crippen LogP contribution >= 0.6 is 0 Å². The smallest absolute Gasteiger partial charge is 0.255 e. The minimum atomic E-state index is -2.15. The lowest BCUT2D eigenvalue weighted by atomic mass is 10.2. The Kier molecular flexibility index (Phi) is 3.22. The Hall–Kier alpha value is -1.39. The highest BCUT2D eigenvalue weighted by molar-refractivity contribution is 5.94. The molecule has 14 heavy (non-hydrogen) atoms. The zero-order chi connectivity index (χ0) is 10.6. The maximum Gasteiger partial charge on any atom is 0.255 e. The molecule has 0 unspecified atom stereocenters. The van der Waals surface area contributed by atoms with Gasteiger partial charge in [0, 0.05) is 12.0 Å². The van der Waals surface area contributed by atoms with Gasteiger partial charge in [0.2, 0.25) is 5.91 Å². The molecule has 0 bridgehead atoms. The third-order valence-electron chi connectivity index (χ3n) is 1.76. The molecule has 1 amide bonds. The van der Waals surface area contributed by atoms with Gasteiger partial charge in [0.1, 0.15) is 0 Å². The van der Waals surface area contributed by atoms with Crippen LogP contribution in [0.15, 0.2) is 24.3 Å². The van der Waals surface area contributed by atoms with Crippen molar-refractivity contribution < 1.29 is 15.0 Å². The molecule has 0 heterocycles. The number of hydrogen-bond donors (Lipinski definition) is 3. The molecular formula is C10H12NO3. The van der Waals surface area contributed by atoms with E-state index in [-0.39, 0.29) is 12.0 Å². The van der Waals surface area contributed by atoms with Crippen LogP contribution in [0.3, 0.4) is 0 Å². The van der Waals surface area contributed by atoms with Gasteiger partial charge in [-0.2, -0.15) is 0 Å². The van der Waals surface area contributed by atoms with Gasteiger partial charge < -0.3 is 15.5 Å². The molecule has 1 rings (SSSR count). The first-order chi connectivity index (χ1) is 6.55. The van der Waals surface area contributed by atoms with Crippen LogP contribution in [0.4, 0.5) is 0 Å². The van der Waals surface area contributed by atoms with Crippen LogP contribution in [0.2, 0.25) is 0 Å². The number of amides is 1. The Morgan fingerprint density at radius 1 is 1.57 bits per heavy atom. The van der Waals surface area contributed by atoms with Crippen molar-refractivity contribution in [1.82, 2.24) is 5.32 Å². The van der Waals surface area contributed by atoms with Crippen molar-refractivity contribution in [2.24, 2.45) is 0 Å². The first-order valence-electron chi connectivity index (χ1n) is 4.29. The minimum Gasteiger partial charge on any atom is -0.349 e. The topological polar surface area (TPSA) is 69.6 Å². The van der Waals surface area contributed by atoms with Crippen LogP contribution in [-0.2, 0) is 0 Å². The number of benzene rings is 1. The summed E-state index contributed by atoms with van der Waals surface area (Å²) in [5.74, 6) is -2.71. The van der Waals surface area contributed by atoms with E-state index in [2.05, 4.69) is 11.4 Å². The third-order valence-corrected chi connectivity index (χ3v) is 1.76. The van der Waals surface area contributed by atoms with Gasteiger partial charge in [-0.25, -0.2) is 0 Å². The molecule has 0 saturated heterocycles. The molecule has 1 radical (unpaired) electrons. The fourth-order valence-electron chi connectivity index (χ4n) is 0.872. The molecule has 0 atom stereocenters. The molecule has 1 aromatic rings.